The van der Waals surface area contributed by atoms with Crippen molar-refractivity contribution < 1.29 is 9.18 Å². The Hall–Kier alpha value is -4.39. The fourth-order valence-corrected chi connectivity index (χ4v) is 5.52. The minimum absolute atomic E-state index is 0.0128. The molecule has 1 aliphatic heterocycles. The van der Waals surface area contributed by atoms with Crippen LogP contribution in [0.3, 0.4) is 0 Å². The maximum absolute atomic E-state index is 13.6. The average Bonchev–Trinajstić information content (AvgIpc) is 3.33. The van der Waals surface area contributed by atoms with Gasteiger partial charge < -0.3 is 9.88 Å². The van der Waals surface area contributed by atoms with Crippen molar-refractivity contribution in [2.24, 2.45) is 5.92 Å². The highest BCUT2D eigenvalue weighted by atomic mass is 19.1. The number of amides is 1. The SMILES string of the molecule is N#Cc1nccnc1-c1nn2c(=O)cc(-c3ccc(C4CCCCC4)cc3)[nH]c2c1C(=O)N1CC(CF)C1. The van der Waals surface area contributed by atoms with Gasteiger partial charge in [0, 0.05) is 37.5 Å². The van der Waals surface area contributed by atoms with Gasteiger partial charge in [-0.15, -0.1) is 0 Å². The number of fused-ring (bicyclic) bond motifs is 1. The molecule has 2 fully saturated rings. The Morgan fingerprint density at radius 2 is 1.82 bits per heavy atom. The van der Waals surface area contributed by atoms with Gasteiger partial charge in [0.2, 0.25) is 0 Å². The van der Waals surface area contributed by atoms with Crippen LogP contribution in [-0.4, -0.2) is 55.1 Å². The summed E-state index contributed by atoms with van der Waals surface area (Å²) in [6.45, 7) is 0.0282. The number of halogens is 1. The maximum Gasteiger partial charge on any atom is 0.274 e. The van der Waals surface area contributed by atoms with Gasteiger partial charge in [-0.05, 0) is 29.9 Å². The summed E-state index contributed by atoms with van der Waals surface area (Å²) in [6.07, 6.45) is 8.95. The zero-order chi connectivity index (χ0) is 26.2. The number of alkyl halides is 1. The summed E-state index contributed by atoms with van der Waals surface area (Å²) in [7, 11) is 0. The van der Waals surface area contributed by atoms with E-state index in [-0.39, 0.29) is 47.3 Å². The molecule has 4 heterocycles. The lowest BCUT2D eigenvalue weighted by Gasteiger charge is -2.37. The first-order valence-electron chi connectivity index (χ1n) is 12.9. The van der Waals surface area contributed by atoms with E-state index < -0.39 is 18.1 Å². The molecule has 38 heavy (non-hydrogen) atoms. The lowest BCUT2D eigenvalue weighted by Crippen LogP contribution is -2.50. The van der Waals surface area contributed by atoms with Crippen molar-refractivity contribution in [1.29, 1.82) is 5.26 Å². The fraction of sp³-hybridized carbons (Fsp3) is 0.357. The number of likely N-dealkylation sites (tertiary alicyclic amines) is 1. The number of hydrogen-bond donors (Lipinski definition) is 1. The quantitative estimate of drug-likeness (QED) is 0.431. The topological polar surface area (TPSA) is 120 Å². The largest absolute Gasteiger partial charge is 0.339 e. The van der Waals surface area contributed by atoms with Crippen molar-refractivity contribution in [1.82, 2.24) is 29.5 Å². The van der Waals surface area contributed by atoms with Crippen LogP contribution in [-0.2, 0) is 0 Å². The van der Waals surface area contributed by atoms with Crippen molar-refractivity contribution in [3.63, 3.8) is 0 Å². The lowest BCUT2D eigenvalue weighted by atomic mass is 9.84. The van der Waals surface area contributed by atoms with Gasteiger partial charge in [-0.1, -0.05) is 43.5 Å². The zero-order valence-corrected chi connectivity index (χ0v) is 20.7. The van der Waals surface area contributed by atoms with Crippen molar-refractivity contribution in [3.05, 3.63) is 69.9 Å². The first-order chi connectivity index (χ1) is 18.6. The third-order valence-electron chi connectivity index (χ3n) is 7.62. The van der Waals surface area contributed by atoms with Crippen LogP contribution >= 0.6 is 0 Å². The van der Waals surface area contributed by atoms with E-state index >= 15 is 0 Å². The predicted molar refractivity (Wildman–Crippen MR) is 138 cm³/mol. The van der Waals surface area contributed by atoms with Crippen LogP contribution in [0.5, 0.6) is 0 Å². The second-order valence-corrected chi connectivity index (χ2v) is 10.1. The van der Waals surface area contributed by atoms with Crippen molar-refractivity contribution in [2.45, 2.75) is 38.0 Å². The van der Waals surface area contributed by atoms with E-state index in [0.29, 0.717) is 11.6 Å². The van der Waals surface area contributed by atoms with Gasteiger partial charge in [0.05, 0.1) is 12.4 Å². The maximum atomic E-state index is 13.6. The highest BCUT2D eigenvalue weighted by molar-refractivity contribution is 6.06. The Morgan fingerprint density at radius 1 is 1.08 bits per heavy atom. The number of rotatable bonds is 5. The molecule has 0 spiro atoms. The molecule has 0 atom stereocenters. The number of benzene rings is 1. The highest BCUT2D eigenvalue weighted by Crippen LogP contribution is 2.34. The lowest BCUT2D eigenvalue weighted by molar-refractivity contribution is 0.0455. The summed E-state index contributed by atoms with van der Waals surface area (Å²) in [5, 5.41) is 14.0. The number of aromatic nitrogens is 5. The molecular formula is C28H26FN7O2. The van der Waals surface area contributed by atoms with Crippen LogP contribution in [0.2, 0.25) is 0 Å². The molecule has 1 saturated carbocycles. The van der Waals surface area contributed by atoms with Crippen LogP contribution in [0.15, 0.2) is 47.5 Å². The number of nitriles is 1. The number of hydrogen-bond acceptors (Lipinski definition) is 6. The second kappa shape index (κ2) is 9.82. The number of nitrogens with one attached hydrogen (secondary N) is 1. The van der Waals surface area contributed by atoms with E-state index in [1.807, 2.05) is 18.2 Å². The first kappa shape index (κ1) is 24.0. The minimum Gasteiger partial charge on any atom is -0.339 e. The fourth-order valence-electron chi connectivity index (χ4n) is 5.52. The van der Waals surface area contributed by atoms with Crippen molar-refractivity contribution in [3.8, 4) is 28.7 Å². The van der Waals surface area contributed by atoms with Gasteiger partial charge in [-0.25, -0.2) is 9.97 Å². The summed E-state index contributed by atoms with van der Waals surface area (Å²) in [6, 6.07) is 11.6. The summed E-state index contributed by atoms with van der Waals surface area (Å²) in [5.41, 5.74) is 2.70. The normalized spacial score (nSPS) is 16.4. The van der Waals surface area contributed by atoms with E-state index in [1.54, 1.807) is 0 Å². The van der Waals surface area contributed by atoms with Gasteiger partial charge in [0.15, 0.2) is 11.3 Å². The molecule has 10 heteroatoms. The Morgan fingerprint density at radius 3 is 2.53 bits per heavy atom. The molecule has 1 saturated heterocycles. The Bertz CT molecular complexity index is 1610. The van der Waals surface area contributed by atoms with E-state index in [1.165, 1.54) is 61.0 Å². The van der Waals surface area contributed by atoms with Gasteiger partial charge in [-0.2, -0.15) is 14.9 Å². The summed E-state index contributed by atoms with van der Waals surface area (Å²) >= 11 is 0. The predicted octanol–water partition coefficient (Wildman–Crippen LogP) is 4.11. The average molecular weight is 512 g/mol. The molecular weight excluding hydrogens is 485 g/mol. The Kier molecular flexibility index (Phi) is 6.19. The molecule has 1 aromatic carbocycles. The van der Waals surface area contributed by atoms with Crippen LogP contribution < -0.4 is 5.56 Å². The highest BCUT2D eigenvalue weighted by Gasteiger charge is 2.36. The third kappa shape index (κ3) is 4.14. The molecule has 1 aliphatic carbocycles. The molecule has 1 N–H and O–H groups in total. The molecule has 0 bridgehead atoms. The Labute approximate surface area is 218 Å². The number of nitrogens with zero attached hydrogens (tertiary/aromatic N) is 6. The van der Waals surface area contributed by atoms with Gasteiger partial charge in [0.1, 0.15) is 23.0 Å². The standard InChI is InChI=1S/C28H26FN7O2/c29-13-17-15-35(16-17)28(38)24-26(25-22(14-30)31-10-11-32-25)34-36-23(37)12-21(33-27(24)36)20-8-6-19(7-9-20)18-4-2-1-3-5-18/h6-12,17-18,33H,1-5,13,15-16H2. The van der Waals surface area contributed by atoms with E-state index in [4.69, 9.17) is 0 Å². The summed E-state index contributed by atoms with van der Waals surface area (Å²) < 4.78 is 14.2. The molecule has 2 aliphatic rings. The van der Waals surface area contributed by atoms with Gasteiger partial charge in [0.25, 0.3) is 11.5 Å². The summed E-state index contributed by atoms with van der Waals surface area (Å²) in [4.78, 5) is 39.9. The van der Waals surface area contributed by atoms with Gasteiger partial charge in [-0.3, -0.25) is 14.0 Å². The van der Waals surface area contributed by atoms with Crippen molar-refractivity contribution in [2.75, 3.05) is 19.8 Å². The molecule has 0 unspecified atom stereocenters. The molecule has 1 amide bonds. The second-order valence-electron chi connectivity index (χ2n) is 10.1. The summed E-state index contributed by atoms with van der Waals surface area (Å²) in [5.74, 6) is -0.0608. The monoisotopic (exact) mass is 511 g/mol. The van der Waals surface area contributed by atoms with E-state index in [0.717, 1.165) is 10.1 Å². The van der Waals surface area contributed by atoms with Crippen LogP contribution in [0, 0.1) is 17.2 Å². The van der Waals surface area contributed by atoms with Crippen LogP contribution in [0.1, 0.15) is 59.6 Å². The molecule has 4 aromatic rings. The Balaban J connectivity index is 1.47. The number of H-pyrrole nitrogens is 1. The van der Waals surface area contributed by atoms with Crippen LogP contribution in [0.4, 0.5) is 4.39 Å². The number of carbonyl (C=O) groups excluding carboxylic acids is 1. The van der Waals surface area contributed by atoms with E-state index in [2.05, 4.69) is 32.2 Å². The molecule has 0 radical (unpaired) electrons. The number of carbonyl (C=O) groups is 1. The molecule has 192 valence electrons. The smallest absolute Gasteiger partial charge is 0.274 e. The van der Waals surface area contributed by atoms with Crippen LogP contribution in [0.25, 0.3) is 28.3 Å². The first-order valence-corrected chi connectivity index (χ1v) is 12.9. The molecule has 6 rings (SSSR count). The zero-order valence-electron chi connectivity index (χ0n) is 20.7. The molecule has 9 nitrogen and oxygen atoms in total. The third-order valence-corrected chi connectivity index (χ3v) is 7.62. The number of aromatic amines is 1. The molecule has 3 aromatic heterocycles. The van der Waals surface area contributed by atoms with E-state index in [9.17, 15) is 19.2 Å². The van der Waals surface area contributed by atoms with Crippen molar-refractivity contribution >= 4 is 11.6 Å². The van der Waals surface area contributed by atoms with Gasteiger partial charge >= 0.3 is 0 Å². The minimum atomic E-state index is -0.508.